The van der Waals surface area contributed by atoms with Crippen molar-refractivity contribution in [1.29, 1.82) is 0 Å². The lowest BCUT2D eigenvalue weighted by Crippen LogP contribution is -2.38. The van der Waals surface area contributed by atoms with Gasteiger partial charge in [0.25, 0.3) is 0 Å². The summed E-state index contributed by atoms with van der Waals surface area (Å²) in [4.78, 5) is 25.4. The number of carbonyl (C=O) groups excluding carboxylic acids is 2. The van der Waals surface area contributed by atoms with Crippen LogP contribution in [0.15, 0.2) is 0 Å². The van der Waals surface area contributed by atoms with Gasteiger partial charge in [-0.1, -0.05) is 39.0 Å². The standard InChI is InChI=1S/C15H28N2O2/c1-3-4-11-17(2)15(19)12-14(18)16-13-9-7-5-6-8-10-13/h13H,3-12H2,1-2H3,(H,16,18). The van der Waals surface area contributed by atoms with Crippen LogP contribution < -0.4 is 5.32 Å². The van der Waals surface area contributed by atoms with E-state index >= 15 is 0 Å². The average molecular weight is 268 g/mol. The quantitative estimate of drug-likeness (QED) is 0.594. The largest absolute Gasteiger partial charge is 0.353 e. The van der Waals surface area contributed by atoms with Gasteiger partial charge in [-0.05, 0) is 19.3 Å². The fraction of sp³-hybridized carbons (Fsp3) is 0.867. The zero-order valence-corrected chi connectivity index (χ0v) is 12.4. The number of unbranched alkanes of at least 4 members (excludes halogenated alkanes) is 1. The summed E-state index contributed by atoms with van der Waals surface area (Å²) in [6, 6.07) is 0.281. The lowest BCUT2D eigenvalue weighted by Gasteiger charge is -2.19. The number of hydrogen-bond acceptors (Lipinski definition) is 2. The molecule has 1 N–H and O–H groups in total. The lowest BCUT2D eigenvalue weighted by molar-refractivity contribution is -0.135. The molecule has 19 heavy (non-hydrogen) atoms. The fourth-order valence-corrected chi connectivity index (χ4v) is 2.49. The van der Waals surface area contributed by atoms with Crippen LogP contribution in [0.5, 0.6) is 0 Å². The first-order valence-corrected chi connectivity index (χ1v) is 7.66. The van der Waals surface area contributed by atoms with Crippen molar-refractivity contribution >= 4 is 11.8 Å². The molecule has 0 atom stereocenters. The predicted molar refractivity (Wildman–Crippen MR) is 76.8 cm³/mol. The summed E-state index contributed by atoms with van der Waals surface area (Å²) in [5, 5.41) is 3.01. The van der Waals surface area contributed by atoms with E-state index in [2.05, 4.69) is 12.2 Å². The van der Waals surface area contributed by atoms with Crippen LogP contribution in [-0.4, -0.2) is 36.3 Å². The molecule has 1 fully saturated rings. The molecule has 4 nitrogen and oxygen atoms in total. The van der Waals surface area contributed by atoms with Crippen molar-refractivity contribution in [2.45, 2.75) is 70.8 Å². The summed E-state index contributed by atoms with van der Waals surface area (Å²) in [5.74, 6) is -0.181. The summed E-state index contributed by atoms with van der Waals surface area (Å²) < 4.78 is 0. The second-order valence-electron chi connectivity index (χ2n) is 5.60. The summed E-state index contributed by atoms with van der Waals surface area (Å²) in [7, 11) is 1.77. The van der Waals surface area contributed by atoms with Crippen molar-refractivity contribution in [3.05, 3.63) is 0 Å². The Morgan fingerprint density at radius 2 is 1.79 bits per heavy atom. The van der Waals surface area contributed by atoms with Gasteiger partial charge in [0.2, 0.25) is 11.8 Å². The Balaban J connectivity index is 2.27. The molecule has 4 heteroatoms. The molecule has 0 aromatic carbocycles. The second kappa shape index (κ2) is 8.94. The molecule has 1 rings (SSSR count). The average Bonchev–Trinajstić information content (AvgIpc) is 2.64. The van der Waals surface area contributed by atoms with Gasteiger partial charge >= 0.3 is 0 Å². The highest BCUT2D eigenvalue weighted by atomic mass is 16.2. The van der Waals surface area contributed by atoms with Gasteiger partial charge in [-0.25, -0.2) is 0 Å². The Labute approximate surface area is 116 Å². The lowest BCUT2D eigenvalue weighted by atomic mass is 10.1. The van der Waals surface area contributed by atoms with Crippen LogP contribution >= 0.6 is 0 Å². The topological polar surface area (TPSA) is 49.4 Å². The van der Waals surface area contributed by atoms with E-state index in [0.29, 0.717) is 0 Å². The van der Waals surface area contributed by atoms with E-state index in [1.807, 2.05) is 0 Å². The van der Waals surface area contributed by atoms with Gasteiger partial charge in [0.15, 0.2) is 0 Å². The zero-order valence-electron chi connectivity index (χ0n) is 12.4. The molecular weight excluding hydrogens is 240 g/mol. The first-order valence-electron chi connectivity index (χ1n) is 7.66. The Hall–Kier alpha value is -1.06. The number of amides is 2. The van der Waals surface area contributed by atoms with Crippen molar-refractivity contribution in [2.24, 2.45) is 0 Å². The molecule has 0 bridgehead atoms. The molecule has 0 spiro atoms. The van der Waals surface area contributed by atoms with Crippen LogP contribution in [0.3, 0.4) is 0 Å². The minimum atomic E-state index is -0.111. The third-order valence-electron chi connectivity index (χ3n) is 3.80. The maximum Gasteiger partial charge on any atom is 0.231 e. The van der Waals surface area contributed by atoms with Crippen LogP contribution in [0, 0.1) is 0 Å². The maximum atomic E-state index is 11.9. The van der Waals surface area contributed by atoms with Gasteiger partial charge in [0.1, 0.15) is 6.42 Å². The van der Waals surface area contributed by atoms with Crippen molar-refractivity contribution in [2.75, 3.05) is 13.6 Å². The van der Waals surface area contributed by atoms with Gasteiger partial charge in [-0.2, -0.15) is 0 Å². The van der Waals surface area contributed by atoms with Crippen molar-refractivity contribution < 1.29 is 9.59 Å². The van der Waals surface area contributed by atoms with Crippen molar-refractivity contribution in [3.63, 3.8) is 0 Å². The number of hydrogen-bond donors (Lipinski definition) is 1. The van der Waals surface area contributed by atoms with E-state index in [1.165, 1.54) is 25.7 Å². The van der Waals surface area contributed by atoms with E-state index < -0.39 is 0 Å². The number of rotatable bonds is 6. The van der Waals surface area contributed by atoms with Gasteiger partial charge in [0.05, 0.1) is 0 Å². The zero-order chi connectivity index (χ0) is 14.1. The molecule has 0 radical (unpaired) electrons. The normalized spacial score (nSPS) is 16.7. The Bertz CT molecular complexity index is 284. The fourth-order valence-electron chi connectivity index (χ4n) is 2.49. The van der Waals surface area contributed by atoms with Crippen LogP contribution in [0.1, 0.15) is 64.7 Å². The molecule has 2 amide bonds. The molecule has 1 aliphatic rings. The minimum Gasteiger partial charge on any atom is -0.353 e. The van der Waals surface area contributed by atoms with E-state index in [1.54, 1.807) is 11.9 Å². The molecule has 0 unspecified atom stereocenters. The number of nitrogens with zero attached hydrogens (tertiary/aromatic N) is 1. The minimum absolute atomic E-state index is 0.00326. The summed E-state index contributed by atoms with van der Waals surface area (Å²) in [5.41, 5.74) is 0. The van der Waals surface area contributed by atoms with Crippen molar-refractivity contribution in [1.82, 2.24) is 10.2 Å². The second-order valence-corrected chi connectivity index (χ2v) is 5.60. The predicted octanol–water partition coefficient (Wildman–Crippen LogP) is 2.47. The van der Waals surface area contributed by atoms with Gasteiger partial charge in [0, 0.05) is 19.6 Å². The van der Waals surface area contributed by atoms with Gasteiger partial charge in [-0.15, -0.1) is 0 Å². The van der Waals surface area contributed by atoms with E-state index in [-0.39, 0.29) is 24.3 Å². The Kier molecular flexibility index (Phi) is 7.53. The van der Waals surface area contributed by atoms with Crippen LogP contribution in [0.25, 0.3) is 0 Å². The van der Waals surface area contributed by atoms with E-state index in [4.69, 9.17) is 0 Å². The van der Waals surface area contributed by atoms with Crippen LogP contribution in [-0.2, 0) is 9.59 Å². The number of nitrogens with one attached hydrogen (secondary N) is 1. The summed E-state index contributed by atoms with van der Waals surface area (Å²) >= 11 is 0. The Morgan fingerprint density at radius 1 is 1.16 bits per heavy atom. The maximum absolute atomic E-state index is 11.9. The molecule has 1 aliphatic carbocycles. The molecular formula is C15H28N2O2. The van der Waals surface area contributed by atoms with Crippen LogP contribution in [0.4, 0.5) is 0 Å². The molecule has 0 aromatic heterocycles. The number of carbonyl (C=O) groups is 2. The molecule has 0 heterocycles. The monoisotopic (exact) mass is 268 g/mol. The summed E-state index contributed by atoms with van der Waals surface area (Å²) in [6.07, 6.45) is 9.09. The molecule has 0 aromatic rings. The summed E-state index contributed by atoms with van der Waals surface area (Å²) in [6.45, 7) is 2.84. The highest BCUT2D eigenvalue weighted by Gasteiger charge is 2.18. The highest BCUT2D eigenvalue weighted by Crippen LogP contribution is 2.17. The molecule has 1 saturated carbocycles. The molecule has 0 saturated heterocycles. The van der Waals surface area contributed by atoms with Gasteiger partial charge in [-0.3, -0.25) is 9.59 Å². The first kappa shape index (κ1) is 16.0. The van der Waals surface area contributed by atoms with E-state index in [0.717, 1.165) is 32.2 Å². The molecule has 110 valence electrons. The smallest absolute Gasteiger partial charge is 0.231 e. The third-order valence-corrected chi connectivity index (χ3v) is 3.80. The first-order chi connectivity index (χ1) is 9.13. The van der Waals surface area contributed by atoms with Crippen LogP contribution in [0.2, 0.25) is 0 Å². The third kappa shape index (κ3) is 6.60. The SMILES string of the molecule is CCCCN(C)C(=O)CC(=O)NC1CCCCCC1. The van der Waals surface area contributed by atoms with Gasteiger partial charge < -0.3 is 10.2 Å². The highest BCUT2D eigenvalue weighted by molar-refractivity contribution is 5.96. The Morgan fingerprint density at radius 3 is 2.37 bits per heavy atom. The van der Waals surface area contributed by atoms with Crippen molar-refractivity contribution in [3.8, 4) is 0 Å². The van der Waals surface area contributed by atoms with E-state index in [9.17, 15) is 9.59 Å². The molecule has 0 aliphatic heterocycles.